The number of nitrogens with one attached hydrogen (secondary N) is 1. The number of aromatic nitrogens is 2. The number of nitrogens with zero attached hydrogens (tertiary/aromatic N) is 4. The second-order valence-electron chi connectivity index (χ2n) is 4.07. The van der Waals surface area contributed by atoms with Crippen LogP contribution >= 0.6 is 0 Å². The predicted molar refractivity (Wildman–Crippen MR) is 70.3 cm³/mol. The Kier molecular flexibility index (Phi) is 3.60. The maximum absolute atomic E-state index is 10.8. The van der Waals surface area contributed by atoms with Crippen molar-refractivity contribution in [3.8, 4) is 0 Å². The maximum atomic E-state index is 10.8. The van der Waals surface area contributed by atoms with Crippen molar-refractivity contribution in [2.45, 2.75) is 6.54 Å². The average Bonchev–Trinajstić information content (AvgIpc) is 2.78. The van der Waals surface area contributed by atoms with Gasteiger partial charge in [0.1, 0.15) is 0 Å². The number of imidazole rings is 1. The lowest BCUT2D eigenvalue weighted by atomic mass is 10.2. The Hall–Kier alpha value is -2.97. The summed E-state index contributed by atoms with van der Waals surface area (Å²) >= 11 is 0. The average molecular weight is 277 g/mol. The highest BCUT2D eigenvalue weighted by Gasteiger charge is 2.19. The van der Waals surface area contributed by atoms with Gasteiger partial charge in [0.05, 0.1) is 4.92 Å². The molecule has 0 radical (unpaired) electrons. The molecule has 20 heavy (non-hydrogen) atoms. The molecule has 104 valence electrons. The minimum Gasteiger partial charge on any atom is -0.360 e. The molecular weight excluding hydrogens is 266 g/mol. The summed E-state index contributed by atoms with van der Waals surface area (Å²) in [5.41, 5.74) is 0.624. The highest BCUT2D eigenvalue weighted by molar-refractivity contribution is 5.52. The Morgan fingerprint density at radius 2 is 2.05 bits per heavy atom. The summed E-state index contributed by atoms with van der Waals surface area (Å²) in [7, 11) is 1.62. The molecule has 9 heteroatoms. The first-order chi connectivity index (χ1) is 9.49. The van der Waals surface area contributed by atoms with Gasteiger partial charge < -0.3 is 15.4 Å². The Labute approximate surface area is 113 Å². The summed E-state index contributed by atoms with van der Waals surface area (Å²) in [6.07, 6.45) is 1.33. The normalized spacial score (nSPS) is 10.2. The molecule has 0 fully saturated rings. The first kappa shape index (κ1) is 13.5. The van der Waals surface area contributed by atoms with Crippen LogP contribution in [0.3, 0.4) is 0 Å². The van der Waals surface area contributed by atoms with Crippen molar-refractivity contribution in [1.29, 1.82) is 0 Å². The molecule has 1 N–H and O–H groups in total. The van der Waals surface area contributed by atoms with Crippen molar-refractivity contribution in [3.63, 3.8) is 0 Å². The third-order valence-corrected chi connectivity index (χ3v) is 2.67. The van der Waals surface area contributed by atoms with Crippen LogP contribution in [0.1, 0.15) is 5.56 Å². The Morgan fingerprint density at radius 1 is 1.30 bits per heavy atom. The molecule has 0 aliphatic carbocycles. The van der Waals surface area contributed by atoms with Crippen molar-refractivity contribution in [2.24, 2.45) is 7.05 Å². The summed E-state index contributed by atoms with van der Waals surface area (Å²) in [6, 6.07) is 6.06. The van der Waals surface area contributed by atoms with Crippen molar-refractivity contribution in [3.05, 3.63) is 56.4 Å². The zero-order chi connectivity index (χ0) is 14.7. The lowest BCUT2D eigenvalue weighted by Gasteiger charge is -2.06. The van der Waals surface area contributed by atoms with Gasteiger partial charge in [-0.2, -0.15) is 0 Å². The van der Waals surface area contributed by atoms with E-state index in [1.807, 2.05) is 0 Å². The summed E-state index contributed by atoms with van der Waals surface area (Å²) in [4.78, 5) is 24.0. The molecular formula is C11H11N5O4. The molecule has 0 bridgehead atoms. The van der Waals surface area contributed by atoms with E-state index in [9.17, 15) is 20.2 Å². The van der Waals surface area contributed by atoms with Gasteiger partial charge >= 0.3 is 5.82 Å². The SMILES string of the molecule is Cn1cnc([N+](=O)[O-])c1NCc1cccc([N+](=O)[O-])c1. The molecule has 0 atom stereocenters. The first-order valence-electron chi connectivity index (χ1n) is 5.62. The van der Waals surface area contributed by atoms with Gasteiger partial charge in [0.25, 0.3) is 5.69 Å². The van der Waals surface area contributed by atoms with Crippen LogP contribution in [0.15, 0.2) is 30.6 Å². The lowest BCUT2D eigenvalue weighted by Crippen LogP contribution is -2.06. The van der Waals surface area contributed by atoms with Crippen LogP contribution in [0.25, 0.3) is 0 Å². The molecule has 0 aliphatic rings. The van der Waals surface area contributed by atoms with E-state index in [1.54, 1.807) is 19.2 Å². The smallest absolute Gasteiger partial charge is 0.360 e. The van der Waals surface area contributed by atoms with Gasteiger partial charge in [-0.05, 0) is 15.5 Å². The van der Waals surface area contributed by atoms with Gasteiger partial charge in [-0.3, -0.25) is 14.7 Å². The van der Waals surface area contributed by atoms with Gasteiger partial charge in [0.15, 0.2) is 0 Å². The number of nitro benzene ring substituents is 1. The van der Waals surface area contributed by atoms with Crippen LogP contribution in [-0.2, 0) is 13.6 Å². The van der Waals surface area contributed by atoms with Crippen LogP contribution in [0.5, 0.6) is 0 Å². The topological polar surface area (TPSA) is 116 Å². The van der Waals surface area contributed by atoms with Crippen LogP contribution in [0, 0.1) is 20.2 Å². The molecule has 0 unspecified atom stereocenters. The van der Waals surface area contributed by atoms with Gasteiger partial charge in [-0.1, -0.05) is 12.1 Å². The van der Waals surface area contributed by atoms with Crippen LogP contribution in [0.4, 0.5) is 17.3 Å². The van der Waals surface area contributed by atoms with Crippen molar-refractivity contribution in [2.75, 3.05) is 5.32 Å². The second kappa shape index (κ2) is 5.34. The van der Waals surface area contributed by atoms with E-state index < -0.39 is 9.85 Å². The summed E-state index contributed by atoms with van der Waals surface area (Å²) in [5.74, 6) is -0.0283. The molecule has 0 aliphatic heterocycles. The van der Waals surface area contributed by atoms with Crippen molar-refractivity contribution < 1.29 is 9.85 Å². The quantitative estimate of drug-likeness (QED) is 0.658. The number of non-ortho nitro benzene ring substituents is 1. The molecule has 0 amide bonds. The van der Waals surface area contributed by atoms with Crippen LogP contribution in [0.2, 0.25) is 0 Å². The van der Waals surface area contributed by atoms with Gasteiger partial charge in [-0.15, -0.1) is 0 Å². The molecule has 0 saturated carbocycles. The number of hydrogen-bond acceptors (Lipinski definition) is 6. The fourth-order valence-electron chi connectivity index (χ4n) is 1.72. The summed E-state index contributed by atoms with van der Waals surface area (Å²) in [5, 5.41) is 24.3. The minimum atomic E-state index is -0.588. The standard InChI is InChI=1S/C11H11N5O4/c1-14-7-13-11(16(19)20)10(14)12-6-8-3-2-4-9(5-8)15(17)18/h2-5,7,12H,6H2,1H3. The van der Waals surface area contributed by atoms with E-state index in [2.05, 4.69) is 10.3 Å². The Morgan fingerprint density at radius 3 is 2.70 bits per heavy atom. The fraction of sp³-hybridized carbons (Fsp3) is 0.182. The van der Waals surface area contributed by atoms with Crippen molar-refractivity contribution in [1.82, 2.24) is 9.55 Å². The third kappa shape index (κ3) is 2.71. The highest BCUT2D eigenvalue weighted by Crippen LogP contribution is 2.22. The number of hydrogen-bond donors (Lipinski definition) is 1. The van der Waals surface area contributed by atoms with E-state index >= 15 is 0 Å². The number of aryl methyl sites for hydroxylation is 1. The molecule has 2 aromatic rings. The predicted octanol–water partition coefficient (Wildman–Crippen LogP) is 1.85. The molecule has 1 heterocycles. The number of anilines is 1. The molecule has 9 nitrogen and oxygen atoms in total. The third-order valence-electron chi connectivity index (χ3n) is 2.67. The molecule has 2 rings (SSSR count). The summed E-state index contributed by atoms with van der Waals surface area (Å²) in [6.45, 7) is 0.224. The minimum absolute atomic E-state index is 0.0243. The van der Waals surface area contributed by atoms with Crippen LogP contribution in [-0.4, -0.2) is 19.4 Å². The number of rotatable bonds is 5. The lowest BCUT2D eigenvalue weighted by molar-refractivity contribution is -0.388. The Balaban J connectivity index is 2.17. The van der Waals surface area contributed by atoms with Gasteiger partial charge in [0, 0.05) is 25.7 Å². The van der Waals surface area contributed by atoms with E-state index in [0.717, 1.165) is 0 Å². The second-order valence-corrected chi connectivity index (χ2v) is 4.07. The number of nitro groups is 2. The maximum Gasteiger partial charge on any atom is 0.406 e. The van der Waals surface area contributed by atoms with E-state index in [4.69, 9.17) is 0 Å². The van der Waals surface area contributed by atoms with E-state index in [1.165, 1.54) is 23.0 Å². The van der Waals surface area contributed by atoms with Crippen LogP contribution < -0.4 is 5.32 Å². The van der Waals surface area contributed by atoms with Gasteiger partial charge in [-0.25, -0.2) is 0 Å². The molecule has 1 aromatic carbocycles. The molecule has 0 spiro atoms. The first-order valence-corrected chi connectivity index (χ1v) is 5.62. The van der Waals surface area contributed by atoms with Crippen molar-refractivity contribution >= 4 is 17.3 Å². The number of benzene rings is 1. The summed E-state index contributed by atoms with van der Waals surface area (Å²) < 4.78 is 1.48. The fourth-order valence-corrected chi connectivity index (χ4v) is 1.72. The zero-order valence-corrected chi connectivity index (χ0v) is 10.5. The zero-order valence-electron chi connectivity index (χ0n) is 10.5. The highest BCUT2D eigenvalue weighted by atomic mass is 16.6. The largest absolute Gasteiger partial charge is 0.406 e. The van der Waals surface area contributed by atoms with E-state index in [0.29, 0.717) is 5.56 Å². The Bertz CT molecular complexity index is 667. The monoisotopic (exact) mass is 277 g/mol. The molecule has 0 saturated heterocycles. The molecule has 1 aromatic heterocycles. The van der Waals surface area contributed by atoms with E-state index in [-0.39, 0.29) is 23.9 Å². The van der Waals surface area contributed by atoms with Gasteiger partial charge in [0.2, 0.25) is 12.1 Å².